The van der Waals surface area contributed by atoms with Gasteiger partial charge >= 0.3 is 0 Å². The highest BCUT2D eigenvalue weighted by atomic mass is 16.1. The first-order chi connectivity index (χ1) is 9.08. The number of pyridine rings is 1. The molecule has 0 bridgehead atoms. The van der Waals surface area contributed by atoms with Crippen molar-refractivity contribution in [2.75, 3.05) is 5.73 Å². The molecule has 0 spiro atoms. The molecule has 0 aliphatic heterocycles. The van der Waals surface area contributed by atoms with Gasteiger partial charge in [0.05, 0.1) is 23.1 Å². The van der Waals surface area contributed by atoms with E-state index in [1.54, 1.807) is 19.2 Å². The monoisotopic (exact) mass is 255 g/mol. The number of hydrogen-bond donors (Lipinski definition) is 2. The summed E-state index contributed by atoms with van der Waals surface area (Å²) >= 11 is 0. The summed E-state index contributed by atoms with van der Waals surface area (Å²) in [6, 6.07) is 9.61. The molecular weight excluding hydrogens is 238 g/mol. The average molecular weight is 255 g/mol. The van der Waals surface area contributed by atoms with Crippen LogP contribution in [0.15, 0.2) is 36.5 Å². The number of benzene rings is 1. The van der Waals surface area contributed by atoms with Gasteiger partial charge < -0.3 is 11.1 Å². The molecule has 1 aromatic heterocycles. The Labute approximate surface area is 112 Å². The molecule has 0 saturated carbocycles. The first kappa shape index (κ1) is 13.1. The van der Waals surface area contributed by atoms with E-state index in [1.165, 1.54) is 0 Å². The summed E-state index contributed by atoms with van der Waals surface area (Å²) in [6.45, 7) is 4.32. The molecule has 0 radical (unpaired) electrons. The van der Waals surface area contributed by atoms with Crippen LogP contribution in [0, 0.1) is 13.8 Å². The molecule has 1 aromatic carbocycles. The van der Waals surface area contributed by atoms with Crippen molar-refractivity contribution in [3.8, 4) is 0 Å². The largest absolute Gasteiger partial charge is 0.397 e. The number of anilines is 1. The van der Waals surface area contributed by atoms with Crippen molar-refractivity contribution < 1.29 is 4.79 Å². The molecular formula is C15H17N3O. The van der Waals surface area contributed by atoms with E-state index in [0.29, 0.717) is 23.5 Å². The van der Waals surface area contributed by atoms with Gasteiger partial charge in [0.1, 0.15) is 0 Å². The van der Waals surface area contributed by atoms with Crippen molar-refractivity contribution >= 4 is 11.6 Å². The zero-order chi connectivity index (χ0) is 13.8. The predicted octanol–water partition coefficient (Wildman–Crippen LogP) is 2.21. The maximum absolute atomic E-state index is 12.1. The Bertz CT molecular complexity index is 608. The van der Waals surface area contributed by atoms with Crippen LogP contribution in [0.3, 0.4) is 0 Å². The molecule has 2 aromatic rings. The van der Waals surface area contributed by atoms with E-state index in [1.807, 2.05) is 31.2 Å². The number of aromatic nitrogens is 1. The van der Waals surface area contributed by atoms with Crippen LogP contribution in [0.1, 0.15) is 27.2 Å². The van der Waals surface area contributed by atoms with Gasteiger partial charge in [-0.25, -0.2) is 0 Å². The van der Waals surface area contributed by atoms with Crippen LogP contribution in [0.5, 0.6) is 0 Å². The fourth-order valence-electron chi connectivity index (χ4n) is 1.86. The van der Waals surface area contributed by atoms with E-state index in [2.05, 4.69) is 10.3 Å². The van der Waals surface area contributed by atoms with Gasteiger partial charge in [0.15, 0.2) is 0 Å². The number of amides is 1. The van der Waals surface area contributed by atoms with Crippen molar-refractivity contribution in [2.45, 2.75) is 20.4 Å². The summed E-state index contributed by atoms with van der Waals surface area (Å²) in [7, 11) is 0. The maximum atomic E-state index is 12.1. The average Bonchev–Trinajstić information content (AvgIpc) is 2.40. The molecule has 0 aliphatic carbocycles. The predicted molar refractivity (Wildman–Crippen MR) is 75.7 cm³/mol. The summed E-state index contributed by atoms with van der Waals surface area (Å²) < 4.78 is 0. The molecule has 0 atom stereocenters. The first-order valence-corrected chi connectivity index (χ1v) is 6.13. The van der Waals surface area contributed by atoms with Gasteiger partial charge in [-0.1, -0.05) is 24.3 Å². The maximum Gasteiger partial charge on any atom is 0.253 e. The van der Waals surface area contributed by atoms with E-state index < -0.39 is 0 Å². The SMILES string of the molecule is Cc1ccccc1CNC(=O)c1cc(N)cnc1C. The van der Waals surface area contributed by atoms with Crippen LogP contribution in [0.25, 0.3) is 0 Å². The Morgan fingerprint density at radius 3 is 2.79 bits per heavy atom. The van der Waals surface area contributed by atoms with Crippen LogP contribution in [-0.4, -0.2) is 10.9 Å². The van der Waals surface area contributed by atoms with E-state index >= 15 is 0 Å². The number of carbonyl (C=O) groups excluding carboxylic acids is 1. The summed E-state index contributed by atoms with van der Waals surface area (Å²) in [5.74, 6) is -0.152. The van der Waals surface area contributed by atoms with Crippen LogP contribution < -0.4 is 11.1 Å². The zero-order valence-electron chi connectivity index (χ0n) is 11.1. The molecule has 0 aliphatic rings. The van der Waals surface area contributed by atoms with Crippen molar-refractivity contribution in [1.82, 2.24) is 10.3 Å². The number of carbonyl (C=O) groups is 1. The summed E-state index contributed by atoms with van der Waals surface area (Å²) in [4.78, 5) is 16.2. The highest BCUT2D eigenvalue weighted by molar-refractivity contribution is 5.95. The molecule has 4 heteroatoms. The molecule has 0 saturated heterocycles. The first-order valence-electron chi connectivity index (χ1n) is 6.13. The molecule has 3 N–H and O–H groups in total. The Hall–Kier alpha value is -2.36. The number of hydrogen-bond acceptors (Lipinski definition) is 3. The van der Waals surface area contributed by atoms with E-state index in [9.17, 15) is 4.79 Å². The van der Waals surface area contributed by atoms with E-state index in [0.717, 1.165) is 11.1 Å². The fourth-order valence-corrected chi connectivity index (χ4v) is 1.86. The lowest BCUT2D eigenvalue weighted by Crippen LogP contribution is -2.24. The van der Waals surface area contributed by atoms with Crippen LogP contribution in [0.4, 0.5) is 5.69 Å². The van der Waals surface area contributed by atoms with Gasteiger partial charge in [-0.3, -0.25) is 9.78 Å². The van der Waals surface area contributed by atoms with Gasteiger partial charge in [0.2, 0.25) is 0 Å². The Morgan fingerprint density at radius 2 is 2.05 bits per heavy atom. The molecule has 2 rings (SSSR count). The third-order valence-electron chi connectivity index (χ3n) is 3.05. The Morgan fingerprint density at radius 1 is 1.32 bits per heavy atom. The van der Waals surface area contributed by atoms with E-state index in [4.69, 9.17) is 5.73 Å². The second-order valence-electron chi connectivity index (χ2n) is 4.51. The number of nitrogens with one attached hydrogen (secondary N) is 1. The normalized spacial score (nSPS) is 10.2. The van der Waals surface area contributed by atoms with E-state index in [-0.39, 0.29) is 5.91 Å². The minimum Gasteiger partial charge on any atom is -0.397 e. The molecule has 0 unspecified atom stereocenters. The number of nitrogens with two attached hydrogens (primary N) is 1. The van der Waals surface area contributed by atoms with Crippen molar-refractivity contribution in [3.63, 3.8) is 0 Å². The number of nitrogen functional groups attached to an aromatic ring is 1. The molecule has 0 fully saturated rings. The lowest BCUT2D eigenvalue weighted by molar-refractivity contribution is 0.0950. The minimum absolute atomic E-state index is 0.152. The Kier molecular flexibility index (Phi) is 3.80. The van der Waals surface area contributed by atoms with Gasteiger partial charge in [-0.15, -0.1) is 0 Å². The summed E-state index contributed by atoms with van der Waals surface area (Å²) in [5, 5.41) is 2.89. The molecule has 98 valence electrons. The smallest absolute Gasteiger partial charge is 0.253 e. The molecule has 1 heterocycles. The topological polar surface area (TPSA) is 68.0 Å². The van der Waals surface area contributed by atoms with Crippen LogP contribution in [0.2, 0.25) is 0 Å². The number of rotatable bonds is 3. The summed E-state index contributed by atoms with van der Waals surface area (Å²) in [6.07, 6.45) is 1.55. The lowest BCUT2D eigenvalue weighted by atomic mass is 10.1. The molecule has 19 heavy (non-hydrogen) atoms. The quantitative estimate of drug-likeness (QED) is 0.883. The van der Waals surface area contributed by atoms with Crippen molar-refractivity contribution in [3.05, 3.63) is 58.9 Å². The summed E-state index contributed by atoms with van der Waals surface area (Å²) in [5.41, 5.74) is 9.61. The van der Waals surface area contributed by atoms with Crippen LogP contribution >= 0.6 is 0 Å². The second kappa shape index (κ2) is 5.52. The molecule has 4 nitrogen and oxygen atoms in total. The van der Waals surface area contributed by atoms with Crippen LogP contribution in [-0.2, 0) is 6.54 Å². The van der Waals surface area contributed by atoms with Gasteiger partial charge in [0, 0.05) is 6.54 Å². The highest BCUT2D eigenvalue weighted by Crippen LogP contribution is 2.11. The second-order valence-corrected chi connectivity index (χ2v) is 4.51. The van der Waals surface area contributed by atoms with Crippen molar-refractivity contribution in [2.24, 2.45) is 0 Å². The third kappa shape index (κ3) is 3.10. The Balaban J connectivity index is 2.10. The van der Waals surface area contributed by atoms with Gasteiger partial charge in [-0.2, -0.15) is 0 Å². The highest BCUT2D eigenvalue weighted by Gasteiger charge is 2.10. The zero-order valence-corrected chi connectivity index (χ0v) is 11.1. The van der Waals surface area contributed by atoms with Gasteiger partial charge in [0.25, 0.3) is 5.91 Å². The van der Waals surface area contributed by atoms with Gasteiger partial charge in [-0.05, 0) is 31.0 Å². The minimum atomic E-state index is -0.152. The number of nitrogens with zero attached hydrogens (tertiary/aromatic N) is 1. The lowest BCUT2D eigenvalue weighted by Gasteiger charge is -2.09. The fraction of sp³-hybridized carbons (Fsp3) is 0.200. The molecule has 1 amide bonds. The third-order valence-corrected chi connectivity index (χ3v) is 3.05. The standard InChI is InChI=1S/C15H17N3O/c1-10-5-3-4-6-12(10)8-18-15(19)14-7-13(16)9-17-11(14)2/h3-7,9H,8,16H2,1-2H3,(H,18,19). The van der Waals surface area contributed by atoms with Crippen molar-refractivity contribution in [1.29, 1.82) is 0 Å². The number of aryl methyl sites for hydroxylation is 2.